The van der Waals surface area contributed by atoms with Crippen LogP contribution in [0.1, 0.15) is 29.7 Å². The Labute approximate surface area is 206 Å². The predicted octanol–water partition coefficient (Wildman–Crippen LogP) is 4.46. The smallest absolute Gasteiger partial charge is 0.351 e. The number of likely N-dealkylation sites (N-methyl/N-ethyl adjacent to an activating group) is 1. The number of halogens is 3. The van der Waals surface area contributed by atoms with Crippen LogP contribution in [-0.4, -0.2) is 24.8 Å². The molecule has 3 aromatic carbocycles. The summed E-state index contributed by atoms with van der Waals surface area (Å²) in [5, 5.41) is 5.20. The van der Waals surface area contributed by atoms with Crippen LogP contribution in [0.5, 0.6) is 0 Å². The summed E-state index contributed by atoms with van der Waals surface area (Å²) in [6.45, 7) is 1.20. The van der Waals surface area contributed by atoms with E-state index in [1.54, 1.807) is 19.2 Å². The third-order valence-corrected chi connectivity index (χ3v) is 6.20. The normalized spacial score (nSPS) is 15.9. The molecule has 2 N–H and O–H groups in total. The summed E-state index contributed by atoms with van der Waals surface area (Å²) in [6, 6.07) is 18.2. The Morgan fingerprint density at radius 3 is 2.33 bits per heavy atom. The van der Waals surface area contributed by atoms with Crippen molar-refractivity contribution in [3.8, 4) is 11.1 Å². The van der Waals surface area contributed by atoms with Crippen LogP contribution in [0.25, 0.3) is 11.1 Å². The van der Waals surface area contributed by atoms with Gasteiger partial charge in [-0.2, -0.15) is 13.2 Å². The minimum Gasteiger partial charge on any atom is -0.351 e. The van der Waals surface area contributed by atoms with Crippen molar-refractivity contribution in [3.63, 3.8) is 0 Å². The van der Waals surface area contributed by atoms with E-state index in [4.69, 9.17) is 0 Å². The zero-order chi connectivity index (χ0) is 26.0. The van der Waals surface area contributed by atoms with E-state index in [0.29, 0.717) is 11.3 Å². The van der Waals surface area contributed by atoms with Gasteiger partial charge in [-0.25, -0.2) is 0 Å². The van der Waals surface area contributed by atoms with Gasteiger partial charge in [-0.3, -0.25) is 14.4 Å². The molecule has 1 aliphatic heterocycles. The number of carbonyl (C=O) groups is 3. The lowest BCUT2D eigenvalue weighted by atomic mass is 9.95. The van der Waals surface area contributed by atoms with Crippen molar-refractivity contribution < 1.29 is 27.6 Å². The fourth-order valence-electron chi connectivity index (χ4n) is 4.16. The first-order valence-corrected chi connectivity index (χ1v) is 11.3. The minimum atomic E-state index is -4.50. The minimum absolute atomic E-state index is 0.177. The summed E-state index contributed by atoms with van der Waals surface area (Å²) in [7, 11) is 1.62. The number of para-hydroxylation sites is 1. The highest BCUT2D eigenvalue weighted by Crippen LogP contribution is 2.39. The number of carbonyl (C=O) groups excluding carboxylic acids is 3. The first-order valence-electron chi connectivity index (χ1n) is 11.3. The van der Waals surface area contributed by atoms with Gasteiger partial charge in [-0.05, 0) is 41.8 Å². The Morgan fingerprint density at radius 1 is 0.944 bits per heavy atom. The Kier molecular flexibility index (Phi) is 6.83. The highest BCUT2D eigenvalue weighted by Gasteiger charge is 2.35. The zero-order valence-corrected chi connectivity index (χ0v) is 19.6. The van der Waals surface area contributed by atoms with Crippen LogP contribution in [0.15, 0.2) is 72.8 Å². The molecule has 0 bridgehead atoms. The van der Waals surface area contributed by atoms with E-state index in [-0.39, 0.29) is 18.0 Å². The van der Waals surface area contributed by atoms with Gasteiger partial charge in [-0.1, -0.05) is 54.6 Å². The number of anilines is 1. The fourth-order valence-corrected chi connectivity index (χ4v) is 4.16. The van der Waals surface area contributed by atoms with Crippen molar-refractivity contribution in [2.75, 3.05) is 11.9 Å². The molecule has 0 unspecified atom stereocenters. The maximum atomic E-state index is 13.3. The van der Waals surface area contributed by atoms with Gasteiger partial charge < -0.3 is 15.5 Å². The molecule has 0 aromatic heterocycles. The van der Waals surface area contributed by atoms with E-state index < -0.39 is 35.5 Å². The first-order chi connectivity index (χ1) is 17.1. The zero-order valence-electron chi connectivity index (χ0n) is 19.6. The maximum absolute atomic E-state index is 13.3. The number of hydrogen-bond donors (Lipinski definition) is 2. The summed E-state index contributed by atoms with van der Waals surface area (Å²) in [5.74, 6) is -2.90. The largest absolute Gasteiger partial charge is 0.416 e. The highest BCUT2D eigenvalue weighted by molar-refractivity contribution is 6.07. The standard InChI is InChI=1S/C27H24F3N3O3/c1-16(24(34)31-15-17-8-7-9-18(14-17)27(28,29)30)25(35)32-23-21-12-4-3-10-19(21)20-11-5-6-13-22(20)33(2)26(23)36/h3-14,16,23H,15H2,1-2H3,(H,31,34)(H,32,35)/t16-,23+/m1/s1. The van der Waals surface area contributed by atoms with Crippen LogP contribution in [0.4, 0.5) is 18.9 Å². The lowest BCUT2D eigenvalue weighted by Gasteiger charge is -2.24. The summed E-state index contributed by atoms with van der Waals surface area (Å²) in [4.78, 5) is 40.4. The highest BCUT2D eigenvalue weighted by atomic mass is 19.4. The number of fused-ring (bicyclic) bond motifs is 3. The number of nitrogens with zero attached hydrogens (tertiary/aromatic N) is 1. The number of hydrogen-bond acceptors (Lipinski definition) is 3. The van der Waals surface area contributed by atoms with Crippen molar-refractivity contribution in [2.45, 2.75) is 25.7 Å². The van der Waals surface area contributed by atoms with E-state index >= 15 is 0 Å². The van der Waals surface area contributed by atoms with E-state index in [1.807, 2.05) is 36.4 Å². The molecule has 3 aromatic rings. The molecule has 3 amide bonds. The molecule has 2 atom stereocenters. The van der Waals surface area contributed by atoms with Crippen LogP contribution in [0.2, 0.25) is 0 Å². The van der Waals surface area contributed by atoms with Gasteiger partial charge in [0.15, 0.2) is 0 Å². The van der Waals surface area contributed by atoms with Gasteiger partial charge in [0.2, 0.25) is 11.8 Å². The van der Waals surface area contributed by atoms with E-state index in [2.05, 4.69) is 10.6 Å². The van der Waals surface area contributed by atoms with E-state index in [1.165, 1.54) is 24.0 Å². The van der Waals surface area contributed by atoms with Gasteiger partial charge in [0.05, 0.1) is 11.3 Å². The molecule has 0 spiro atoms. The Balaban J connectivity index is 1.50. The van der Waals surface area contributed by atoms with Crippen LogP contribution < -0.4 is 15.5 Å². The number of rotatable bonds is 5. The molecule has 1 heterocycles. The van der Waals surface area contributed by atoms with Crippen LogP contribution in [0, 0.1) is 5.92 Å². The second kappa shape index (κ2) is 9.85. The summed E-state index contributed by atoms with van der Waals surface area (Å²) >= 11 is 0. The second-order valence-corrected chi connectivity index (χ2v) is 8.58. The molecule has 1 aliphatic rings. The number of nitrogens with one attached hydrogen (secondary N) is 2. The Hall–Kier alpha value is -4.14. The molecule has 6 nitrogen and oxygen atoms in total. The Bertz CT molecular complexity index is 1320. The summed E-state index contributed by atoms with van der Waals surface area (Å²) in [5.41, 5.74) is 2.35. The van der Waals surface area contributed by atoms with Gasteiger partial charge in [-0.15, -0.1) is 0 Å². The SMILES string of the molecule is C[C@H](C(=O)NCc1cccc(C(F)(F)F)c1)C(=O)N[C@@H]1C(=O)N(C)c2ccccc2-c2ccccc21. The second-order valence-electron chi connectivity index (χ2n) is 8.58. The van der Waals surface area contributed by atoms with Crippen molar-refractivity contribution in [1.29, 1.82) is 0 Å². The molecule has 0 saturated carbocycles. The molecule has 9 heteroatoms. The van der Waals surface area contributed by atoms with E-state index in [0.717, 1.165) is 23.3 Å². The van der Waals surface area contributed by atoms with Crippen LogP contribution in [-0.2, 0) is 27.1 Å². The lowest BCUT2D eigenvalue weighted by Crippen LogP contribution is -2.45. The van der Waals surface area contributed by atoms with E-state index in [9.17, 15) is 27.6 Å². The van der Waals surface area contributed by atoms with Crippen molar-refractivity contribution >= 4 is 23.4 Å². The lowest BCUT2D eigenvalue weighted by molar-refractivity contribution is -0.137. The molecule has 4 rings (SSSR count). The average molecular weight is 496 g/mol. The molecular weight excluding hydrogens is 471 g/mol. The topological polar surface area (TPSA) is 78.5 Å². The molecule has 36 heavy (non-hydrogen) atoms. The van der Waals surface area contributed by atoms with Crippen LogP contribution >= 0.6 is 0 Å². The predicted molar refractivity (Wildman–Crippen MR) is 129 cm³/mol. The van der Waals surface area contributed by atoms with Crippen molar-refractivity contribution in [1.82, 2.24) is 10.6 Å². The average Bonchev–Trinajstić information content (AvgIpc) is 2.96. The Morgan fingerprint density at radius 2 is 1.61 bits per heavy atom. The van der Waals surface area contributed by atoms with Gasteiger partial charge in [0.25, 0.3) is 5.91 Å². The van der Waals surface area contributed by atoms with Crippen molar-refractivity contribution in [2.24, 2.45) is 5.92 Å². The quantitative estimate of drug-likeness (QED) is 0.513. The van der Waals surface area contributed by atoms with Gasteiger partial charge in [0.1, 0.15) is 12.0 Å². The monoisotopic (exact) mass is 495 g/mol. The number of amides is 3. The number of alkyl halides is 3. The molecule has 0 aliphatic carbocycles. The maximum Gasteiger partial charge on any atom is 0.416 e. The molecular formula is C27H24F3N3O3. The van der Waals surface area contributed by atoms with Gasteiger partial charge in [0, 0.05) is 19.2 Å². The first kappa shape index (κ1) is 25.0. The molecule has 0 fully saturated rings. The number of benzene rings is 3. The fraction of sp³-hybridized carbons (Fsp3) is 0.222. The van der Waals surface area contributed by atoms with Gasteiger partial charge >= 0.3 is 6.18 Å². The summed E-state index contributed by atoms with van der Waals surface area (Å²) < 4.78 is 38.8. The third-order valence-electron chi connectivity index (χ3n) is 6.20. The molecule has 186 valence electrons. The third kappa shape index (κ3) is 4.95. The molecule has 0 saturated heterocycles. The van der Waals surface area contributed by atoms with Crippen molar-refractivity contribution in [3.05, 3.63) is 89.5 Å². The van der Waals surface area contributed by atoms with Crippen LogP contribution in [0.3, 0.4) is 0 Å². The molecule has 0 radical (unpaired) electrons. The summed E-state index contributed by atoms with van der Waals surface area (Å²) in [6.07, 6.45) is -4.50.